The maximum atomic E-state index is 12.1. The molecular formula is C18H22N2O3. The maximum absolute atomic E-state index is 12.1. The molecule has 0 saturated heterocycles. The molecule has 1 aromatic carbocycles. The standard InChI is InChI=1S/C18H22N2O3/c1-11-3-2-4-15-13(10-19-17(11)15)6-8-16(21)20-14-7-5-12(9-14)18(22)23/h2-4,10,12,14,19H,5-9H2,1H3,(H,20,21)(H,22,23)/t12-,14+/m0/s1. The van der Waals surface area contributed by atoms with Gasteiger partial charge in [0.05, 0.1) is 5.92 Å². The van der Waals surface area contributed by atoms with Crippen molar-refractivity contribution in [3.8, 4) is 0 Å². The Balaban J connectivity index is 1.55. The third-order valence-electron chi connectivity index (χ3n) is 4.78. The molecule has 3 rings (SSSR count). The number of aromatic amines is 1. The van der Waals surface area contributed by atoms with E-state index in [9.17, 15) is 9.59 Å². The van der Waals surface area contributed by atoms with E-state index in [0.717, 1.165) is 17.5 Å². The van der Waals surface area contributed by atoms with Crippen LogP contribution in [-0.2, 0) is 16.0 Å². The highest BCUT2D eigenvalue weighted by atomic mass is 16.4. The van der Waals surface area contributed by atoms with E-state index < -0.39 is 5.97 Å². The zero-order valence-corrected chi connectivity index (χ0v) is 13.3. The Bertz CT molecular complexity index is 735. The molecule has 1 saturated carbocycles. The molecule has 1 aromatic heterocycles. The molecule has 1 aliphatic carbocycles. The largest absolute Gasteiger partial charge is 0.481 e. The van der Waals surface area contributed by atoms with Gasteiger partial charge in [0.25, 0.3) is 0 Å². The van der Waals surface area contributed by atoms with E-state index in [1.807, 2.05) is 12.3 Å². The van der Waals surface area contributed by atoms with Crippen molar-refractivity contribution in [3.05, 3.63) is 35.5 Å². The highest BCUT2D eigenvalue weighted by molar-refractivity contribution is 5.86. The summed E-state index contributed by atoms with van der Waals surface area (Å²) in [5, 5.41) is 13.1. The van der Waals surface area contributed by atoms with Crippen molar-refractivity contribution in [1.82, 2.24) is 10.3 Å². The Hall–Kier alpha value is -2.30. The highest BCUT2D eigenvalue weighted by Crippen LogP contribution is 2.26. The number of aromatic nitrogens is 1. The molecule has 0 radical (unpaired) electrons. The normalized spacial score (nSPS) is 20.7. The van der Waals surface area contributed by atoms with Crippen LogP contribution < -0.4 is 5.32 Å². The Morgan fingerprint density at radius 1 is 1.35 bits per heavy atom. The fourth-order valence-corrected chi connectivity index (χ4v) is 3.46. The zero-order chi connectivity index (χ0) is 16.4. The zero-order valence-electron chi connectivity index (χ0n) is 13.3. The van der Waals surface area contributed by atoms with Crippen molar-refractivity contribution in [1.29, 1.82) is 0 Å². The van der Waals surface area contributed by atoms with E-state index in [1.54, 1.807) is 0 Å². The first-order chi connectivity index (χ1) is 11.0. The summed E-state index contributed by atoms with van der Waals surface area (Å²) >= 11 is 0. The second-order valence-electron chi connectivity index (χ2n) is 6.42. The van der Waals surface area contributed by atoms with Gasteiger partial charge in [-0.1, -0.05) is 18.2 Å². The summed E-state index contributed by atoms with van der Waals surface area (Å²) in [6, 6.07) is 6.17. The van der Waals surface area contributed by atoms with Crippen LogP contribution in [0.2, 0.25) is 0 Å². The number of para-hydroxylation sites is 1. The van der Waals surface area contributed by atoms with Crippen LogP contribution in [0.1, 0.15) is 36.8 Å². The summed E-state index contributed by atoms with van der Waals surface area (Å²) in [6.07, 6.45) is 5.05. The quantitative estimate of drug-likeness (QED) is 0.793. The third kappa shape index (κ3) is 3.38. The van der Waals surface area contributed by atoms with Crippen molar-refractivity contribution >= 4 is 22.8 Å². The van der Waals surface area contributed by atoms with Gasteiger partial charge in [0, 0.05) is 29.6 Å². The number of carbonyl (C=O) groups is 2. The molecule has 5 nitrogen and oxygen atoms in total. The minimum atomic E-state index is -0.754. The predicted octanol–water partition coefficient (Wildman–Crippen LogP) is 2.78. The summed E-state index contributed by atoms with van der Waals surface area (Å²) in [5.41, 5.74) is 3.47. The minimum Gasteiger partial charge on any atom is -0.481 e. The first-order valence-electron chi connectivity index (χ1n) is 8.12. The molecule has 2 aromatic rings. The van der Waals surface area contributed by atoms with E-state index in [-0.39, 0.29) is 17.9 Å². The monoisotopic (exact) mass is 314 g/mol. The van der Waals surface area contributed by atoms with Crippen molar-refractivity contribution < 1.29 is 14.7 Å². The highest BCUT2D eigenvalue weighted by Gasteiger charge is 2.30. The topological polar surface area (TPSA) is 82.2 Å². The molecule has 0 spiro atoms. The molecule has 122 valence electrons. The second kappa shape index (κ2) is 6.44. The third-order valence-corrected chi connectivity index (χ3v) is 4.78. The number of nitrogens with one attached hydrogen (secondary N) is 2. The van der Waals surface area contributed by atoms with Crippen LogP contribution >= 0.6 is 0 Å². The molecule has 3 N–H and O–H groups in total. The van der Waals surface area contributed by atoms with Crippen molar-refractivity contribution in [2.75, 3.05) is 0 Å². The van der Waals surface area contributed by atoms with Crippen LogP contribution in [0.25, 0.3) is 10.9 Å². The molecule has 1 amide bonds. The second-order valence-corrected chi connectivity index (χ2v) is 6.42. The average molecular weight is 314 g/mol. The van der Waals surface area contributed by atoms with Crippen LogP contribution in [0, 0.1) is 12.8 Å². The summed E-state index contributed by atoms with van der Waals surface area (Å²) in [5.74, 6) is -1.06. The van der Waals surface area contributed by atoms with Crippen molar-refractivity contribution in [3.63, 3.8) is 0 Å². The van der Waals surface area contributed by atoms with Crippen LogP contribution in [0.4, 0.5) is 0 Å². The molecule has 1 fully saturated rings. The van der Waals surface area contributed by atoms with Gasteiger partial charge in [-0.15, -0.1) is 0 Å². The number of aryl methyl sites for hydroxylation is 2. The molecule has 0 unspecified atom stereocenters. The number of amides is 1. The smallest absolute Gasteiger partial charge is 0.306 e. The van der Waals surface area contributed by atoms with E-state index in [1.165, 1.54) is 10.9 Å². The number of hydrogen-bond donors (Lipinski definition) is 3. The number of benzene rings is 1. The molecule has 5 heteroatoms. The van der Waals surface area contributed by atoms with Crippen LogP contribution in [-0.4, -0.2) is 28.0 Å². The van der Waals surface area contributed by atoms with Crippen LogP contribution in [0.15, 0.2) is 24.4 Å². The SMILES string of the molecule is Cc1cccc2c(CCC(=O)N[C@@H]3CC[C@H](C(=O)O)C3)c[nH]c12. The lowest BCUT2D eigenvalue weighted by Gasteiger charge is -2.12. The number of carboxylic acid groups (broad SMARTS) is 1. The molecule has 1 heterocycles. The lowest BCUT2D eigenvalue weighted by Crippen LogP contribution is -2.33. The van der Waals surface area contributed by atoms with Gasteiger partial charge < -0.3 is 15.4 Å². The van der Waals surface area contributed by atoms with E-state index >= 15 is 0 Å². The number of rotatable bonds is 5. The molecule has 23 heavy (non-hydrogen) atoms. The van der Waals surface area contributed by atoms with Gasteiger partial charge in [0.15, 0.2) is 0 Å². The number of hydrogen-bond acceptors (Lipinski definition) is 2. The summed E-state index contributed by atoms with van der Waals surface area (Å²) in [7, 11) is 0. The van der Waals surface area contributed by atoms with Gasteiger partial charge in [-0.25, -0.2) is 0 Å². The van der Waals surface area contributed by atoms with Gasteiger partial charge in [0.1, 0.15) is 0 Å². The number of carboxylic acids is 1. The lowest BCUT2D eigenvalue weighted by atomic mass is 10.1. The fraction of sp³-hybridized carbons (Fsp3) is 0.444. The number of fused-ring (bicyclic) bond motifs is 1. The van der Waals surface area contributed by atoms with E-state index in [2.05, 4.69) is 29.4 Å². The molecular weight excluding hydrogens is 292 g/mol. The number of carbonyl (C=O) groups excluding carboxylic acids is 1. The summed E-state index contributed by atoms with van der Waals surface area (Å²) in [4.78, 5) is 26.3. The molecule has 2 atom stereocenters. The summed E-state index contributed by atoms with van der Waals surface area (Å²) in [6.45, 7) is 2.06. The predicted molar refractivity (Wildman–Crippen MR) is 88.3 cm³/mol. The Kier molecular flexibility index (Phi) is 4.37. The fourth-order valence-electron chi connectivity index (χ4n) is 3.46. The first-order valence-corrected chi connectivity index (χ1v) is 8.12. The van der Waals surface area contributed by atoms with Crippen LogP contribution in [0.3, 0.4) is 0 Å². The van der Waals surface area contributed by atoms with Gasteiger partial charge in [-0.3, -0.25) is 9.59 Å². The van der Waals surface area contributed by atoms with E-state index in [0.29, 0.717) is 25.7 Å². The Morgan fingerprint density at radius 3 is 2.91 bits per heavy atom. The number of H-pyrrole nitrogens is 1. The van der Waals surface area contributed by atoms with Crippen molar-refractivity contribution in [2.45, 2.75) is 45.1 Å². The van der Waals surface area contributed by atoms with Crippen LogP contribution in [0.5, 0.6) is 0 Å². The maximum Gasteiger partial charge on any atom is 0.306 e. The molecule has 0 aliphatic heterocycles. The van der Waals surface area contributed by atoms with E-state index in [4.69, 9.17) is 5.11 Å². The summed E-state index contributed by atoms with van der Waals surface area (Å²) < 4.78 is 0. The number of aliphatic carboxylic acids is 1. The Labute approximate surface area is 135 Å². The average Bonchev–Trinajstić information content (AvgIpc) is 3.13. The Morgan fingerprint density at radius 2 is 2.17 bits per heavy atom. The van der Waals surface area contributed by atoms with Crippen molar-refractivity contribution in [2.24, 2.45) is 5.92 Å². The van der Waals surface area contributed by atoms with Gasteiger partial charge in [0.2, 0.25) is 5.91 Å². The molecule has 1 aliphatic rings. The van der Waals surface area contributed by atoms with Gasteiger partial charge in [-0.2, -0.15) is 0 Å². The minimum absolute atomic E-state index is 0.00282. The van der Waals surface area contributed by atoms with Gasteiger partial charge >= 0.3 is 5.97 Å². The van der Waals surface area contributed by atoms with Gasteiger partial charge in [-0.05, 0) is 43.7 Å². The first kappa shape index (κ1) is 15.6. The molecule has 0 bridgehead atoms. The lowest BCUT2D eigenvalue weighted by molar-refractivity contribution is -0.141.